The van der Waals surface area contributed by atoms with Crippen LogP contribution in [0.25, 0.3) is 0 Å². The number of hydrogen-bond donors (Lipinski definition) is 2. The molecule has 1 aromatic carbocycles. The number of methoxy groups -OCH3 is 1. The molecule has 2 atom stereocenters. The lowest BCUT2D eigenvalue weighted by Gasteiger charge is -2.24. The van der Waals surface area contributed by atoms with Crippen molar-refractivity contribution >= 4 is 5.69 Å². The molecule has 1 aromatic rings. The first-order chi connectivity index (χ1) is 8.91. The van der Waals surface area contributed by atoms with Crippen LogP contribution in [0.15, 0.2) is 18.2 Å². The lowest BCUT2D eigenvalue weighted by molar-refractivity contribution is 0.415. The molecule has 1 fully saturated rings. The zero-order valence-electron chi connectivity index (χ0n) is 12.5. The molecule has 0 aromatic heterocycles. The molecule has 1 aliphatic rings. The van der Waals surface area contributed by atoms with Gasteiger partial charge in [0.2, 0.25) is 0 Å². The SMILES string of the molecule is COc1ccc(C(C)(C)C)cc1NC1CCCC1N. The van der Waals surface area contributed by atoms with E-state index >= 15 is 0 Å². The molecule has 2 unspecified atom stereocenters. The van der Waals surface area contributed by atoms with E-state index in [4.69, 9.17) is 10.5 Å². The fourth-order valence-corrected chi connectivity index (χ4v) is 2.65. The smallest absolute Gasteiger partial charge is 0.141 e. The number of rotatable bonds is 3. The maximum Gasteiger partial charge on any atom is 0.141 e. The standard InChI is InChI=1S/C16H26N2O/c1-16(2,3)11-8-9-15(19-4)14(10-11)18-13-7-5-6-12(13)17/h8-10,12-13,18H,5-7,17H2,1-4H3. The molecule has 0 bridgehead atoms. The fourth-order valence-electron chi connectivity index (χ4n) is 2.65. The molecule has 19 heavy (non-hydrogen) atoms. The summed E-state index contributed by atoms with van der Waals surface area (Å²) in [6.07, 6.45) is 3.46. The third-order valence-corrected chi connectivity index (χ3v) is 3.98. The molecule has 0 aliphatic heterocycles. The Balaban J connectivity index is 2.26. The van der Waals surface area contributed by atoms with Crippen molar-refractivity contribution in [3.8, 4) is 5.75 Å². The van der Waals surface area contributed by atoms with Crippen LogP contribution in [0.1, 0.15) is 45.6 Å². The third-order valence-electron chi connectivity index (χ3n) is 3.98. The second-order valence-corrected chi connectivity index (χ2v) is 6.51. The largest absolute Gasteiger partial charge is 0.495 e. The number of nitrogens with two attached hydrogens (primary N) is 1. The summed E-state index contributed by atoms with van der Waals surface area (Å²) in [5.74, 6) is 0.895. The van der Waals surface area contributed by atoms with Crippen molar-refractivity contribution < 1.29 is 4.74 Å². The number of anilines is 1. The summed E-state index contributed by atoms with van der Waals surface area (Å²) < 4.78 is 5.46. The minimum Gasteiger partial charge on any atom is -0.495 e. The first kappa shape index (κ1) is 14.2. The van der Waals surface area contributed by atoms with Gasteiger partial charge < -0.3 is 15.8 Å². The van der Waals surface area contributed by atoms with Crippen LogP contribution in [0.4, 0.5) is 5.69 Å². The summed E-state index contributed by atoms with van der Waals surface area (Å²) in [5, 5.41) is 3.57. The zero-order valence-corrected chi connectivity index (χ0v) is 12.5. The van der Waals surface area contributed by atoms with Crippen LogP contribution in [0.5, 0.6) is 5.75 Å². The van der Waals surface area contributed by atoms with Gasteiger partial charge >= 0.3 is 0 Å². The molecule has 0 saturated heterocycles. The highest BCUT2D eigenvalue weighted by atomic mass is 16.5. The summed E-state index contributed by atoms with van der Waals surface area (Å²) in [6, 6.07) is 7.00. The maximum absolute atomic E-state index is 6.14. The second kappa shape index (κ2) is 5.41. The average molecular weight is 262 g/mol. The lowest BCUT2D eigenvalue weighted by Crippen LogP contribution is -2.35. The van der Waals surface area contributed by atoms with Gasteiger partial charge in [-0.25, -0.2) is 0 Å². The average Bonchev–Trinajstić information content (AvgIpc) is 2.74. The summed E-state index contributed by atoms with van der Waals surface area (Å²) in [7, 11) is 1.71. The molecule has 106 valence electrons. The highest BCUT2D eigenvalue weighted by Crippen LogP contribution is 2.33. The van der Waals surface area contributed by atoms with Crippen LogP contribution in [0.2, 0.25) is 0 Å². The van der Waals surface area contributed by atoms with E-state index in [2.05, 4.69) is 38.2 Å². The molecule has 3 nitrogen and oxygen atoms in total. The molecular formula is C16H26N2O. The highest BCUT2D eigenvalue weighted by Gasteiger charge is 2.25. The Hall–Kier alpha value is -1.22. The second-order valence-electron chi connectivity index (χ2n) is 6.51. The molecule has 1 aliphatic carbocycles. The Bertz CT molecular complexity index is 437. The van der Waals surface area contributed by atoms with Gasteiger partial charge in [-0.15, -0.1) is 0 Å². The van der Waals surface area contributed by atoms with Gasteiger partial charge in [-0.3, -0.25) is 0 Å². The summed E-state index contributed by atoms with van der Waals surface area (Å²) in [6.45, 7) is 6.67. The van der Waals surface area contributed by atoms with E-state index in [-0.39, 0.29) is 11.5 Å². The summed E-state index contributed by atoms with van der Waals surface area (Å²) in [5.41, 5.74) is 8.65. The number of benzene rings is 1. The lowest BCUT2D eigenvalue weighted by atomic mass is 9.86. The summed E-state index contributed by atoms with van der Waals surface area (Å²) in [4.78, 5) is 0. The van der Waals surface area contributed by atoms with Gasteiger partial charge in [-0.05, 0) is 42.4 Å². The monoisotopic (exact) mass is 262 g/mol. The minimum absolute atomic E-state index is 0.139. The van der Waals surface area contributed by atoms with Crippen molar-refractivity contribution in [3.05, 3.63) is 23.8 Å². The Labute approximate surface area is 116 Å². The molecule has 0 heterocycles. The Morgan fingerprint density at radius 1 is 1.26 bits per heavy atom. The molecule has 0 spiro atoms. The molecule has 1 saturated carbocycles. The predicted molar refractivity (Wildman–Crippen MR) is 80.9 cm³/mol. The van der Waals surface area contributed by atoms with Gasteiger partial charge in [0.05, 0.1) is 12.8 Å². The summed E-state index contributed by atoms with van der Waals surface area (Å²) >= 11 is 0. The molecule has 0 radical (unpaired) electrons. The number of hydrogen-bond acceptors (Lipinski definition) is 3. The highest BCUT2D eigenvalue weighted by molar-refractivity contribution is 5.59. The molecule has 2 rings (SSSR count). The van der Waals surface area contributed by atoms with E-state index in [1.165, 1.54) is 12.0 Å². The fraction of sp³-hybridized carbons (Fsp3) is 0.625. The van der Waals surface area contributed by atoms with Crippen molar-refractivity contribution in [2.24, 2.45) is 5.73 Å². The quantitative estimate of drug-likeness (QED) is 0.878. The third kappa shape index (κ3) is 3.21. The maximum atomic E-state index is 6.14. The van der Waals surface area contributed by atoms with E-state index in [0.717, 1.165) is 24.3 Å². The van der Waals surface area contributed by atoms with E-state index in [0.29, 0.717) is 6.04 Å². The van der Waals surface area contributed by atoms with Gasteiger partial charge in [0.15, 0.2) is 0 Å². The van der Waals surface area contributed by atoms with Crippen LogP contribution in [-0.4, -0.2) is 19.2 Å². The van der Waals surface area contributed by atoms with Crippen LogP contribution in [0, 0.1) is 0 Å². The molecule has 3 heteroatoms. The first-order valence-electron chi connectivity index (χ1n) is 7.12. The van der Waals surface area contributed by atoms with Gasteiger partial charge in [0.25, 0.3) is 0 Å². The van der Waals surface area contributed by atoms with E-state index in [1.54, 1.807) is 7.11 Å². The molecule has 0 amide bonds. The van der Waals surface area contributed by atoms with E-state index in [1.807, 2.05) is 6.07 Å². The number of nitrogens with one attached hydrogen (secondary N) is 1. The van der Waals surface area contributed by atoms with Crippen LogP contribution >= 0.6 is 0 Å². The van der Waals surface area contributed by atoms with Gasteiger partial charge in [0, 0.05) is 12.1 Å². The Kier molecular flexibility index (Phi) is 4.04. The number of ether oxygens (including phenoxy) is 1. The van der Waals surface area contributed by atoms with Crippen molar-refractivity contribution in [2.75, 3.05) is 12.4 Å². The van der Waals surface area contributed by atoms with Crippen LogP contribution < -0.4 is 15.8 Å². The Morgan fingerprint density at radius 3 is 2.53 bits per heavy atom. The Morgan fingerprint density at radius 2 is 2.00 bits per heavy atom. The normalized spacial score (nSPS) is 23.4. The van der Waals surface area contributed by atoms with E-state index in [9.17, 15) is 0 Å². The molecular weight excluding hydrogens is 236 g/mol. The molecule has 3 N–H and O–H groups in total. The van der Waals surface area contributed by atoms with Gasteiger partial charge in [-0.2, -0.15) is 0 Å². The van der Waals surface area contributed by atoms with Crippen molar-refractivity contribution in [1.29, 1.82) is 0 Å². The van der Waals surface area contributed by atoms with Gasteiger partial charge in [-0.1, -0.05) is 26.8 Å². The van der Waals surface area contributed by atoms with Crippen molar-refractivity contribution in [2.45, 2.75) is 57.5 Å². The first-order valence-corrected chi connectivity index (χ1v) is 7.12. The predicted octanol–water partition coefficient (Wildman–Crippen LogP) is 3.28. The van der Waals surface area contributed by atoms with Crippen LogP contribution in [-0.2, 0) is 5.41 Å². The topological polar surface area (TPSA) is 47.3 Å². The van der Waals surface area contributed by atoms with E-state index < -0.39 is 0 Å². The van der Waals surface area contributed by atoms with Gasteiger partial charge in [0.1, 0.15) is 5.75 Å². The minimum atomic E-state index is 0.139. The van der Waals surface area contributed by atoms with Crippen LogP contribution in [0.3, 0.4) is 0 Å². The zero-order chi connectivity index (χ0) is 14.0. The van der Waals surface area contributed by atoms with Crippen molar-refractivity contribution in [3.63, 3.8) is 0 Å². The van der Waals surface area contributed by atoms with Crippen molar-refractivity contribution in [1.82, 2.24) is 0 Å².